The number of nitriles is 1. The van der Waals surface area contributed by atoms with Crippen molar-refractivity contribution in [3.8, 4) is 17.6 Å². The van der Waals surface area contributed by atoms with Gasteiger partial charge in [0.15, 0.2) is 5.75 Å². The highest BCUT2D eigenvalue weighted by molar-refractivity contribution is 6.37. The van der Waals surface area contributed by atoms with Gasteiger partial charge in [-0.05, 0) is 30.5 Å². The van der Waals surface area contributed by atoms with E-state index in [9.17, 15) is 5.11 Å². The van der Waals surface area contributed by atoms with Gasteiger partial charge in [0.2, 0.25) is 0 Å². The van der Waals surface area contributed by atoms with Crippen molar-refractivity contribution in [1.29, 1.82) is 5.26 Å². The van der Waals surface area contributed by atoms with Gasteiger partial charge in [-0.1, -0.05) is 40.5 Å². The van der Waals surface area contributed by atoms with Gasteiger partial charge >= 0.3 is 0 Å². The fraction of sp³-hybridized carbons (Fsp3) is 0.222. The van der Waals surface area contributed by atoms with Crippen LogP contribution < -0.4 is 4.74 Å². The molecule has 0 aromatic heterocycles. The lowest BCUT2D eigenvalue weighted by molar-refractivity contribution is 0.137. The summed E-state index contributed by atoms with van der Waals surface area (Å²) >= 11 is 11.9. The normalized spacial score (nSPS) is 10.6. The molecule has 0 spiro atoms. The molecule has 0 saturated carbocycles. The summed E-state index contributed by atoms with van der Waals surface area (Å²) in [6, 6.07) is 11.8. The molecule has 0 saturated heterocycles. The maximum absolute atomic E-state index is 9.35. The SMILES string of the molecule is N#Cc1ccc(C=NOCCCCOc2c(Cl)cc(O)cc2Cl)cc1. The first kappa shape index (κ1) is 18.9. The number of hydrogen-bond acceptors (Lipinski definition) is 5. The third-order valence-corrected chi connectivity index (χ3v) is 3.74. The third-order valence-electron chi connectivity index (χ3n) is 3.18. The average molecular weight is 379 g/mol. The van der Waals surface area contributed by atoms with Crippen LogP contribution >= 0.6 is 23.2 Å². The van der Waals surface area contributed by atoms with E-state index in [4.69, 9.17) is 38.0 Å². The molecule has 130 valence electrons. The summed E-state index contributed by atoms with van der Waals surface area (Å²) in [4.78, 5) is 5.17. The first-order chi connectivity index (χ1) is 12.1. The Balaban J connectivity index is 1.64. The zero-order valence-corrected chi connectivity index (χ0v) is 14.8. The van der Waals surface area contributed by atoms with Crippen LogP contribution in [0.3, 0.4) is 0 Å². The van der Waals surface area contributed by atoms with Crippen LogP contribution in [0.2, 0.25) is 10.0 Å². The molecule has 25 heavy (non-hydrogen) atoms. The Morgan fingerprint density at radius 1 is 1.08 bits per heavy atom. The fourth-order valence-corrected chi connectivity index (χ4v) is 2.51. The lowest BCUT2D eigenvalue weighted by Crippen LogP contribution is -2.00. The molecule has 0 aliphatic heterocycles. The van der Waals surface area contributed by atoms with E-state index >= 15 is 0 Å². The highest BCUT2D eigenvalue weighted by Crippen LogP contribution is 2.36. The van der Waals surface area contributed by atoms with Gasteiger partial charge in [0, 0.05) is 12.1 Å². The van der Waals surface area contributed by atoms with Gasteiger partial charge < -0.3 is 14.7 Å². The van der Waals surface area contributed by atoms with Crippen LogP contribution in [0, 0.1) is 11.3 Å². The number of benzene rings is 2. The number of phenolic OH excluding ortho intramolecular Hbond substituents is 1. The number of nitrogens with zero attached hydrogens (tertiary/aromatic N) is 2. The third kappa shape index (κ3) is 6.18. The largest absolute Gasteiger partial charge is 0.508 e. The second-order valence-electron chi connectivity index (χ2n) is 5.10. The van der Waals surface area contributed by atoms with Crippen molar-refractivity contribution in [3.63, 3.8) is 0 Å². The summed E-state index contributed by atoms with van der Waals surface area (Å²) < 4.78 is 5.52. The van der Waals surface area contributed by atoms with Crippen LogP contribution in [0.15, 0.2) is 41.6 Å². The number of aromatic hydroxyl groups is 1. The highest BCUT2D eigenvalue weighted by atomic mass is 35.5. The number of rotatable bonds is 8. The van der Waals surface area contributed by atoms with Crippen LogP contribution in [0.25, 0.3) is 0 Å². The van der Waals surface area contributed by atoms with Gasteiger partial charge in [-0.2, -0.15) is 5.26 Å². The van der Waals surface area contributed by atoms with Crippen LogP contribution in [0.1, 0.15) is 24.0 Å². The van der Waals surface area contributed by atoms with Gasteiger partial charge in [-0.25, -0.2) is 0 Å². The zero-order chi connectivity index (χ0) is 18.1. The molecule has 0 atom stereocenters. The Kier molecular flexibility index (Phi) is 7.39. The van der Waals surface area contributed by atoms with Crippen molar-refractivity contribution < 1.29 is 14.7 Å². The van der Waals surface area contributed by atoms with Gasteiger partial charge in [0.1, 0.15) is 12.4 Å². The Labute approximate surface area is 156 Å². The standard InChI is InChI=1S/C18H16Cl2N2O3/c19-16-9-15(23)10-17(20)18(16)24-7-1-2-8-25-22-12-14-5-3-13(11-21)4-6-14/h3-6,9-10,12,23H,1-2,7-8H2. The molecular formula is C18H16Cl2N2O3. The zero-order valence-electron chi connectivity index (χ0n) is 13.3. The van der Waals surface area contributed by atoms with E-state index in [0.29, 0.717) is 24.5 Å². The first-order valence-electron chi connectivity index (χ1n) is 7.56. The molecule has 0 unspecified atom stereocenters. The molecule has 5 nitrogen and oxygen atoms in total. The van der Waals surface area contributed by atoms with Crippen molar-refractivity contribution in [3.05, 3.63) is 57.6 Å². The fourth-order valence-electron chi connectivity index (χ4n) is 1.92. The molecule has 1 N–H and O–H groups in total. The lowest BCUT2D eigenvalue weighted by atomic mass is 10.2. The Hall–Kier alpha value is -2.42. The number of oxime groups is 1. The van der Waals surface area contributed by atoms with E-state index in [-0.39, 0.29) is 15.8 Å². The average Bonchev–Trinajstić information content (AvgIpc) is 2.59. The summed E-state index contributed by atoms with van der Waals surface area (Å²) in [7, 11) is 0. The summed E-state index contributed by atoms with van der Waals surface area (Å²) in [5, 5.41) is 22.5. The second kappa shape index (κ2) is 9.77. The molecule has 2 rings (SSSR count). The van der Waals surface area contributed by atoms with Crippen molar-refractivity contribution in [2.24, 2.45) is 5.16 Å². The lowest BCUT2D eigenvalue weighted by Gasteiger charge is -2.10. The van der Waals surface area contributed by atoms with Crippen LogP contribution in [0.4, 0.5) is 0 Å². The number of halogens is 2. The molecule has 0 amide bonds. The molecule has 0 aliphatic carbocycles. The quantitative estimate of drug-likeness (QED) is 0.407. The molecular weight excluding hydrogens is 363 g/mol. The molecule has 0 fully saturated rings. The summed E-state index contributed by atoms with van der Waals surface area (Å²) in [5.41, 5.74) is 1.46. The predicted octanol–water partition coefficient (Wildman–Crippen LogP) is 4.78. The van der Waals surface area contributed by atoms with Gasteiger partial charge in [-0.3, -0.25) is 0 Å². The topological polar surface area (TPSA) is 74.8 Å². The molecule has 2 aromatic rings. The minimum absolute atomic E-state index is 0.00382. The van der Waals surface area contributed by atoms with E-state index in [0.717, 1.165) is 18.4 Å². The van der Waals surface area contributed by atoms with Crippen molar-refractivity contribution in [2.45, 2.75) is 12.8 Å². The maximum atomic E-state index is 9.35. The predicted molar refractivity (Wildman–Crippen MR) is 97.6 cm³/mol. The second-order valence-corrected chi connectivity index (χ2v) is 5.91. The maximum Gasteiger partial charge on any atom is 0.156 e. The Morgan fingerprint density at radius 3 is 2.36 bits per heavy atom. The Bertz CT molecular complexity index is 748. The van der Waals surface area contributed by atoms with E-state index in [1.807, 2.05) is 0 Å². The van der Waals surface area contributed by atoms with Crippen LogP contribution in [-0.4, -0.2) is 24.5 Å². The number of phenols is 1. The van der Waals surface area contributed by atoms with E-state index in [1.54, 1.807) is 30.5 Å². The molecule has 0 bridgehead atoms. The minimum atomic E-state index is -0.00382. The van der Waals surface area contributed by atoms with Crippen LogP contribution in [0.5, 0.6) is 11.5 Å². The summed E-state index contributed by atoms with van der Waals surface area (Å²) in [6.45, 7) is 0.875. The summed E-state index contributed by atoms with van der Waals surface area (Å²) in [6.07, 6.45) is 3.07. The van der Waals surface area contributed by atoms with Gasteiger partial charge in [-0.15, -0.1) is 0 Å². The number of hydrogen-bond donors (Lipinski definition) is 1. The summed E-state index contributed by atoms with van der Waals surface area (Å²) in [5.74, 6) is 0.358. The van der Waals surface area contributed by atoms with Crippen molar-refractivity contribution >= 4 is 29.4 Å². The van der Waals surface area contributed by atoms with Gasteiger partial charge in [0.25, 0.3) is 0 Å². The van der Waals surface area contributed by atoms with Crippen molar-refractivity contribution in [2.75, 3.05) is 13.2 Å². The number of ether oxygens (including phenoxy) is 1. The number of unbranched alkanes of at least 4 members (excludes halogenated alkanes) is 1. The molecule has 2 aromatic carbocycles. The molecule has 0 aliphatic rings. The Morgan fingerprint density at radius 2 is 1.72 bits per heavy atom. The van der Waals surface area contributed by atoms with Crippen LogP contribution in [-0.2, 0) is 4.84 Å². The highest BCUT2D eigenvalue weighted by Gasteiger charge is 2.09. The molecule has 7 heteroatoms. The molecule has 0 heterocycles. The van der Waals surface area contributed by atoms with Crippen molar-refractivity contribution in [1.82, 2.24) is 0 Å². The minimum Gasteiger partial charge on any atom is -0.508 e. The van der Waals surface area contributed by atoms with E-state index < -0.39 is 0 Å². The first-order valence-corrected chi connectivity index (χ1v) is 8.32. The smallest absolute Gasteiger partial charge is 0.156 e. The monoisotopic (exact) mass is 378 g/mol. The van der Waals surface area contributed by atoms with Gasteiger partial charge in [0.05, 0.1) is 34.5 Å². The van der Waals surface area contributed by atoms with E-state index in [1.165, 1.54) is 12.1 Å². The van der Waals surface area contributed by atoms with E-state index in [2.05, 4.69) is 11.2 Å². The molecule has 0 radical (unpaired) electrons.